The van der Waals surface area contributed by atoms with Crippen molar-refractivity contribution in [2.75, 3.05) is 33.3 Å². The van der Waals surface area contributed by atoms with Crippen LogP contribution in [0.15, 0.2) is 4.99 Å². The first kappa shape index (κ1) is 24.3. The molecule has 1 aliphatic rings. The molecule has 2 N–H and O–H groups in total. The lowest BCUT2D eigenvalue weighted by Crippen LogP contribution is -2.50. The van der Waals surface area contributed by atoms with E-state index in [2.05, 4.69) is 29.5 Å². The minimum absolute atomic E-state index is 0. The lowest BCUT2D eigenvalue weighted by Gasteiger charge is -2.32. The van der Waals surface area contributed by atoms with Gasteiger partial charge in [0.15, 0.2) is 5.96 Å². The summed E-state index contributed by atoms with van der Waals surface area (Å²) < 4.78 is 5.06. The van der Waals surface area contributed by atoms with Crippen molar-refractivity contribution in [3.05, 3.63) is 0 Å². The van der Waals surface area contributed by atoms with Crippen LogP contribution >= 0.6 is 24.0 Å². The Balaban J connectivity index is 0.00000576. The summed E-state index contributed by atoms with van der Waals surface area (Å²) in [6.45, 7) is 9.21. The minimum Gasteiger partial charge on any atom is -0.450 e. The molecule has 7 heteroatoms. The fraction of sp³-hybridized carbons (Fsp3) is 0.889. The Morgan fingerprint density at radius 3 is 2.48 bits per heavy atom. The standard InChI is InChI=1S/C18H36N4O2.HI/c1-5-8-9-15(6-2)14-20-17(19-4)21-16-10-12-22(13-11-16)18(23)24-7-3;/h15-16H,5-14H2,1-4H3,(H2,19,20,21);1H. The lowest BCUT2D eigenvalue weighted by atomic mass is 9.99. The normalized spacial score (nSPS) is 16.8. The Bertz CT molecular complexity index is 385. The number of aliphatic imine (C=N–C) groups is 1. The molecule has 0 radical (unpaired) electrons. The third-order valence-corrected chi connectivity index (χ3v) is 4.69. The van der Waals surface area contributed by atoms with Crippen molar-refractivity contribution in [3.63, 3.8) is 0 Å². The Hall–Kier alpha value is -0.730. The van der Waals surface area contributed by atoms with Gasteiger partial charge in [-0.3, -0.25) is 4.99 Å². The monoisotopic (exact) mass is 468 g/mol. The van der Waals surface area contributed by atoms with Crippen molar-refractivity contribution >= 4 is 36.0 Å². The van der Waals surface area contributed by atoms with E-state index >= 15 is 0 Å². The maximum atomic E-state index is 11.7. The molecular formula is C18H37IN4O2. The van der Waals surface area contributed by atoms with Gasteiger partial charge in [-0.2, -0.15) is 0 Å². The van der Waals surface area contributed by atoms with E-state index in [1.54, 1.807) is 4.90 Å². The summed E-state index contributed by atoms with van der Waals surface area (Å²) in [5, 5.41) is 6.96. The van der Waals surface area contributed by atoms with E-state index in [4.69, 9.17) is 4.74 Å². The molecule has 0 aliphatic carbocycles. The second kappa shape index (κ2) is 14.4. The van der Waals surface area contributed by atoms with Crippen LogP contribution in [0.5, 0.6) is 0 Å². The van der Waals surface area contributed by atoms with E-state index in [1.165, 1.54) is 25.7 Å². The first-order valence-corrected chi connectivity index (χ1v) is 9.53. The number of unbranched alkanes of at least 4 members (excludes halogenated alkanes) is 1. The zero-order valence-electron chi connectivity index (χ0n) is 16.3. The van der Waals surface area contributed by atoms with Crippen molar-refractivity contribution in [3.8, 4) is 0 Å². The molecule has 1 atom stereocenters. The van der Waals surface area contributed by atoms with Crippen LogP contribution in [0.1, 0.15) is 59.3 Å². The SMILES string of the molecule is CCCCC(CC)CNC(=NC)NC1CCN(C(=O)OCC)CC1.I. The number of guanidine groups is 1. The number of carbonyl (C=O) groups is 1. The number of amides is 1. The van der Waals surface area contributed by atoms with Gasteiger partial charge in [0.05, 0.1) is 6.61 Å². The van der Waals surface area contributed by atoms with Crippen LogP contribution < -0.4 is 10.6 Å². The van der Waals surface area contributed by atoms with Gasteiger partial charge in [-0.1, -0.05) is 33.1 Å². The molecule has 1 fully saturated rings. The molecule has 25 heavy (non-hydrogen) atoms. The number of piperidine rings is 1. The minimum atomic E-state index is -0.194. The van der Waals surface area contributed by atoms with Gasteiger partial charge in [-0.25, -0.2) is 4.79 Å². The highest BCUT2D eigenvalue weighted by Crippen LogP contribution is 2.13. The molecule has 0 saturated carbocycles. The molecule has 6 nitrogen and oxygen atoms in total. The molecule has 1 amide bonds. The van der Waals surface area contributed by atoms with Crippen molar-refractivity contribution in [1.82, 2.24) is 15.5 Å². The van der Waals surface area contributed by atoms with Crippen molar-refractivity contribution in [2.24, 2.45) is 10.9 Å². The summed E-state index contributed by atoms with van der Waals surface area (Å²) in [6.07, 6.45) is 6.66. The zero-order valence-corrected chi connectivity index (χ0v) is 18.7. The van der Waals surface area contributed by atoms with Crippen molar-refractivity contribution < 1.29 is 9.53 Å². The number of halogens is 1. The van der Waals surface area contributed by atoms with E-state index in [1.807, 2.05) is 14.0 Å². The van der Waals surface area contributed by atoms with Gasteiger partial charge < -0.3 is 20.3 Å². The van der Waals surface area contributed by atoms with E-state index in [-0.39, 0.29) is 30.1 Å². The molecule has 0 aromatic heterocycles. The molecule has 0 bridgehead atoms. The summed E-state index contributed by atoms with van der Waals surface area (Å²) in [5.41, 5.74) is 0. The van der Waals surface area contributed by atoms with Crippen LogP contribution in [-0.2, 0) is 4.74 Å². The largest absolute Gasteiger partial charge is 0.450 e. The van der Waals surface area contributed by atoms with Crippen LogP contribution in [0, 0.1) is 5.92 Å². The van der Waals surface area contributed by atoms with Gasteiger partial charge >= 0.3 is 6.09 Å². The smallest absolute Gasteiger partial charge is 0.409 e. The maximum absolute atomic E-state index is 11.7. The van der Waals surface area contributed by atoms with Gasteiger partial charge in [0, 0.05) is 32.7 Å². The fourth-order valence-electron chi connectivity index (χ4n) is 2.99. The predicted molar refractivity (Wildman–Crippen MR) is 115 cm³/mol. The molecule has 1 aliphatic heterocycles. The summed E-state index contributed by atoms with van der Waals surface area (Å²) >= 11 is 0. The topological polar surface area (TPSA) is 66.0 Å². The third-order valence-electron chi connectivity index (χ3n) is 4.69. The lowest BCUT2D eigenvalue weighted by molar-refractivity contribution is 0.0963. The number of carbonyl (C=O) groups excluding carboxylic acids is 1. The number of rotatable bonds is 8. The quantitative estimate of drug-likeness (QED) is 0.325. The van der Waals surface area contributed by atoms with Gasteiger partial charge in [0.1, 0.15) is 0 Å². The highest BCUT2D eigenvalue weighted by molar-refractivity contribution is 14.0. The summed E-state index contributed by atoms with van der Waals surface area (Å²) in [4.78, 5) is 17.9. The second-order valence-electron chi connectivity index (χ2n) is 6.47. The average Bonchev–Trinajstić information content (AvgIpc) is 2.61. The van der Waals surface area contributed by atoms with E-state index in [0.29, 0.717) is 18.6 Å². The predicted octanol–water partition coefficient (Wildman–Crippen LogP) is 3.61. The van der Waals surface area contributed by atoms with Crippen LogP contribution in [0.3, 0.4) is 0 Å². The van der Waals surface area contributed by atoms with Crippen LogP contribution in [0.4, 0.5) is 4.79 Å². The first-order valence-electron chi connectivity index (χ1n) is 9.53. The molecule has 0 spiro atoms. The van der Waals surface area contributed by atoms with E-state index in [9.17, 15) is 4.79 Å². The van der Waals surface area contributed by atoms with E-state index in [0.717, 1.165) is 38.4 Å². The Kier molecular flexibility index (Phi) is 14.0. The molecule has 1 saturated heterocycles. The number of nitrogens with one attached hydrogen (secondary N) is 2. The van der Waals surface area contributed by atoms with Crippen LogP contribution in [0.25, 0.3) is 0 Å². The van der Waals surface area contributed by atoms with E-state index < -0.39 is 0 Å². The van der Waals surface area contributed by atoms with Crippen LogP contribution in [-0.4, -0.2) is 56.3 Å². The van der Waals surface area contributed by atoms with Gasteiger partial charge in [0.2, 0.25) is 0 Å². The Morgan fingerprint density at radius 1 is 1.28 bits per heavy atom. The Labute approximate surface area is 170 Å². The van der Waals surface area contributed by atoms with Gasteiger partial charge in [0.25, 0.3) is 0 Å². The highest BCUT2D eigenvalue weighted by Gasteiger charge is 2.24. The molecule has 1 heterocycles. The van der Waals surface area contributed by atoms with Crippen molar-refractivity contribution in [1.29, 1.82) is 0 Å². The number of nitrogens with zero attached hydrogens (tertiary/aromatic N) is 2. The van der Waals surface area contributed by atoms with Crippen LogP contribution in [0.2, 0.25) is 0 Å². The summed E-state index contributed by atoms with van der Waals surface area (Å²) in [5.74, 6) is 1.58. The fourth-order valence-corrected chi connectivity index (χ4v) is 2.99. The zero-order chi connectivity index (χ0) is 17.8. The molecular weight excluding hydrogens is 431 g/mol. The maximum Gasteiger partial charge on any atom is 0.409 e. The molecule has 1 rings (SSSR count). The Morgan fingerprint density at radius 2 is 1.96 bits per heavy atom. The number of likely N-dealkylation sites (tertiary alicyclic amines) is 1. The third kappa shape index (κ3) is 9.51. The molecule has 1 unspecified atom stereocenters. The number of hydrogen-bond donors (Lipinski definition) is 2. The molecule has 0 aromatic carbocycles. The first-order chi connectivity index (χ1) is 11.6. The summed E-state index contributed by atoms with van der Waals surface area (Å²) in [6, 6.07) is 0.359. The number of ether oxygens (including phenoxy) is 1. The highest BCUT2D eigenvalue weighted by atomic mass is 127. The van der Waals surface area contributed by atoms with Gasteiger partial charge in [-0.15, -0.1) is 24.0 Å². The summed E-state index contributed by atoms with van der Waals surface area (Å²) in [7, 11) is 1.82. The second-order valence-corrected chi connectivity index (χ2v) is 6.47. The molecule has 148 valence electrons. The molecule has 0 aromatic rings. The average molecular weight is 468 g/mol. The number of hydrogen-bond acceptors (Lipinski definition) is 3. The van der Waals surface area contributed by atoms with Gasteiger partial charge in [-0.05, 0) is 32.1 Å². The van der Waals surface area contributed by atoms with Crippen molar-refractivity contribution in [2.45, 2.75) is 65.3 Å².